The summed E-state index contributed by atoms with van der Waals surface area (Å²) in [6.07, 6.45) is 1.24. The van der Waals surface area contributed by atoms with Crippen molar-refractivity contribution in [2.45, 2.75) is 32.2 Å². The summed E-state index contributed by atoms with van der Waals surface area (Å²) in [4.78, 5) is 48.1. The molecule has 4 rings (SSSR count). The molecule has 176 valence electrons. The molecule has 2 amide bonds. The predicted molar refractivity (Wildman–Crippen MR) is 132 cm³/mol. The number of thioether (sulfide) groups is 1. The zero-order valence-electron chi connectivity index (χ0n) is 18.9. The molecule has 1 atom stereocenters. The molecule has 0 spiro atoms. The van der Waals surface area contributed by atoms with E-state index in [1.807, 2.05) is 54.6 Å². The molecular weight excluding hydrogens is 452 g/mol. The van der Waals surface area contributed by atoms with Gasteiger partial charge in [0.25, 0.3) is 5.91 Å². The van der Waals surface area contributed by atoms with Gasteiger partial charge in [0.15, 0.2) is 5.17 Å². The van der Waals surface area contributed by atoms with Gasteiger partial charge in [0, 0.05) is 18.5 Å². The van der Waals surface area contributed by atoms with Gasteiger partial charge in [-0.15, -0.1) is 0 Å². The minimum absolute atomic E-state index is 0.0421. The molecule has 0 radical (unpaired) electrons. The van der Waals surface area contributed by atoms with Gasteiger partial charge in [0.1, 0.15) is 11.9 Å². The fraction of sp³-hybridized carbons (Fsp3) is 0.320. The van der Waals surface area contributed by atoms with Crippen LogP contribution >= 0.6 is 11.8 Å². The lowest BCUT2D eigenvalue weighted by Crippen LogP contribution is -2.41. The summed E-state index contributed by atoms with van der Waals surface area (Å²) in [6, 6.07) is 16.7. The quantitative estimate of drug-likeness (QED) is 0.559. The second-order valence-electron chi connectivity index (χ2n) is 7.77. The molecule has 9 heteroatoms. The van der Waals surface area contributed by atoms with Crippen molar-refractivity contribution in [3.63, 3.8) is 0 Å². The molecule has 0 fully saturated rings. The molecule has 0 saturated carbocycles. The molecule has 0 bridgehead atoms. The molecule has 0 aliphatic carbocycles. The van der Waals surface area contributed by atoms with E-state index < -0.39 is 6.04 Å². The van der Waals surface area contributed by atoms with Gasteiger partial charge in [-0.3, -0.25) is 19.4 Å². The van der Waals surface area contributed by atoms with Crippen molar-refractivity contribution in [3.05, 3.63) is 65.7 Å². The Morgan fingerprint density at radius 2 is 1.88 bits per heavy atom. The number of hydrogen-bond donors (Lipinski definition) is 1. The van der Waals surface area contributed by atoms with E-state index in [-0.39, 0.29) is 30.0 Å². The number of amidine groups is 2. The van der Waals surface area contributed by atoms with Gasteiger partial charge in [-0.05, 0) is 37.5 Å². The summed E-state index contributed by atoms with van der Waals surface area (Å²) in [5.41, 5.74) is 2.60. The Bertz CT molecular complexity index is 1130. The first-order valence-corrected chi connectivity index (χ1v) is 12.2. The van der Waals surface area contributed by atoms with Crippen molar-refractivity contribution >= 4 is 46.2 Å². The molecule has 8 nitrogen and oxygen atoms in total. The van der Waals surface area contributed by atoms with Gasteiger partial charge in [-0.25, -0.2) is 9.89 Å². The highest BCUT2D eigenvalue weighted by atomic mass is 32.2. The third-order valence-electron chi connectivity index (χ3n) is 5.40. The number of hydrogen-bond acceptors (Lipinski definition) is 7. The first kappa shape index (κ1) is 23.7. The number of nitrogens with zero attached hydrogens (tertiary/aromatic N) is 3. The molecular formula is C25H26N4O4S. The van der Waals surface area contributed by atoms with Crippen LogP contribution < -0.4 is 5.32 Å². The normalized spacial score (nSPS) is 16.3. The van der Waals surface area contributed by atoms with Gasteiger partial charge in [-0.2, -0.15) is 0 Å². The second-order valence-corrected chi connectivity index (χ2v) is 8.71. The van der Waals surface area contributed by atoms with Crippen LogP contribution in [0.5, 0.6) is 0 Å². The Hall–Kier alpha value is -3.46. The monoisotopic (exact) mass is 478 g/mol. The van der Waals surface area contributed by atoms with Crippen molar-refractivity contribution in [1.82, 2.24) is 10.2 Å². The van der Waals surface area contributed by atoms with Gasteiger partial charge in [0.05, 0.1) is 18.0 Å². The lowest BCUT2D eigenvalue weighted by atomic mass is 10.1. The van der Waals surface area contributed by atoms with Crippen LogP contribution in [0.1, 0.15) is 30.9 Å². The van der Waals surface area contributed by atoms with Crippen LogP contribution in [0, 0.1) is 0 Å². The predicted octanol–water partition coefficient (Wildman–Crippen LogP) is 3.08. The molecule has 2 aromatic carbocycles. The molecule has 0 aromatic heterocycles. The Morgan fingerprint density at radius 3 is 2.68 bits per heavy atom. The number of fused-ring (bicyclic) bond motifs is 3. The zero-order chi connectivity index (χ0) is 23.9. The maximum absolute atomic E-state index is 13.2. The van der Waals surface area contributed by atoms with E-state index in [0.717, 1.165) is 29.3 Å². The highest BCUT2D eigenvalue weighted by molar-refractivity contribution is 8.14. The average molecular weight is 479 g/mol. The highest BCUT2D eigenvalue weighted by Gasteiger charge is 2.41. The summed E-state index contributed by atoms with van der Waals surface area (Å²) in [7, 11) is 0. The number of amides is 2. The Kier molecular flexibility index (Phi) is 7.74. The fourth-order valence-electron chi connectivity index (χ4n) is 3.76. The van der Waals surface area contributed by atoms with Crippen LogP contribution in [0.15, 0.2) is 64.6 Å². The SMILES string of the molecule is CCOC(=O)CSC1=Nc2ccccc2C2=NC(CCC(=O)NCCc3ccccc3)C(=O)N12. The molecule has 2 aliphatic heterocycles. The maximum Gasteiger partial charge on any atom is 0.316 e. The molecule has 0 saturated heterocycles. The summed E-state index contributed by atoms with van der Waals surface area (Å²) < 4.78 is 4.99. The van der Waals surface area contributed by atoms with Crippen molar-refractivity contribution in [2.24, 2.45) is 9.98 Å². The van der Waals surface area contributed by atoms with Crippen molar-refractivity contribution < 1.29 is 19.1 Å². The Balaban J connectivity index is 1.39. The van der Waals surface area contributed by atoms with E-state index in [1.165, 1.54) is 4.90 Å². The van der Waals surface area contributed by atoms with Gasteiger partial charge < -0.3 is 10.1 Å². The van der Waals surface area contributed by atoms with E-state index in [2.05, 4.69) is 15.3 Å². The maximum atomic E-state index is 13.2. The first-order chi connectivity index (χ1) is 16.6. The summed E-state index contributed by atoms with van der Waals surface area (Å²) >= 11 is 1.15. The number of aliphatic imine (C=N–C) groups is 2. The number of esters is 1. The number of nitrogens with one attached hydrogen (secondary N) is 1. The van der Waals surface area contributed by atoms with Gasteiger partial charge in [0.2, 0.25) is 5.91 Å². The van der Waals surface area contributed by atoms with Crippen molar-refractivity contribution in [3.8, 4) is 0 Å². The molecule has 2 aromatic rings. The lowest BCUT2D eigenvalue weighted by Gasteiger charge is -2.25. The Morgan fingerprint density at radius 1 is 1.12 bits per heavy atom. The van der Waals surface area contributed by atoms with Crippen molar-refractivity contribution in [1.29, 1.82) is 0 Å². The molecule has 2 heterocycles. The Labute approximate surface area is 202 Å². The number of benzene rings is 2. The first-order valence-electron chi connectivity index (χ1n) is 11.3. The van der Waals surface area contributed by atoms with Crippen LogP contribution in [0.2, 0.25) is 0 Å². The van der Waals surface area contributed by atoms with Crippen LogP contribution in [-0.4, -0.2) is 58.6 Å². The van der Waals surface area contributed by atoms with E-state index in [1.54, 1.807) is 6.92 Å². The van der Waals surface area contributed by atoms with Crippen LogP contribution in [-0.2, 0) is 25.5 Å². The molecule has 1 unspecified atom stereocenters. The molecule has 34 heavy (non-hydrogen) atoms. The van der Waals surface area contributed by atoms with Crippen LogP contribution in [0.3, 0.4) is 0 Å². The number of para-hydroxylation sites is 1. The average Bonchev–Trinajstić information content (AvgIpc) is 3.19. The fourth-order valence-corrected chi connectivity index (χ4v) is 4.56. The van der Waals surface area contributed by atoms with Crippen LogP contribution in [0.25, 0.3) is 0 Å². The summed E-state index contributed by atoms with van der Waals surface area (Å²) in [6.45, 7) is 2.57. The van der Waals surface area contributed by atoms with E-state index in [9.17, 15) is 14.4 Å². The van der Waals surface area contributed by atoms with E-state index in [4.69, 9.17) is 4.74 Å². The summed E-state index contributed by atoms with van der Waals surface area (Å²) in [5.74, 6) is -0.170. The minimum atomic E-state index is -0.672. The topological polar surface area (TPSA) is 100 Å². The highest BCUT2D eigenvalue weighted by Crippen LogP contribution is 2.34. The number of rotatable bonds is 9. The smallest absolute Gasteiger partial charge is 0.316 e. The zero-order valence-corrected chi connectivity index (χ0v) is 19.7. The van der Waals surface area contributed by atoms with Crippen LogP contribution in [0.4, 0.5) is 5.69 Å². The van der Waals surface area contributed by atoms with E-state index in [0.29, 0.717) is 36.3 Å². The van der Waals surface area contributed by atoms with Gasteiger partial charge >= 0.3 is 5.97 Å². The third kappa shape index (κ3) is 5.53. The summed E-state index contributed by atoms with van der Waals surface area (Å²) in [5, 5.41) is 3.30. The largest absolute Gasteiger partial charge is 0.465 e. The number of carbonyl (C=O) groups is 3. The lowest BCUT2D eigenvalue weighted by molar-refractivity contribution is -0.139. The molecule has 2 aliphatic rings. The standard InChI is InChI=1S/C25H26N4O4S/c1-2-33-22(31)16-34-25-28-19-11-7-6-10-18(19)23-27-20(24(32)29(23)25)12-13-21(30)26-15-14-17-8-4-3-5-9-17/h3-11,20H,2,12-16H2,1H3,(H,26,30). The third-order valence-corrected chi connectivity index (χ3v) is 6.31. The number of carbonyl (C=O) groups excluding carboxylic acids is 3. The number of ether oxygens (including phenoxy) is 1. The van der Waals surface area contributed by atoms with Crippen molar-refractivity contribution in [2.75, 3.05) is 18.9 Å². The second kappa shape index (κ2) is 11.1. The van der Waals surface area contributed by atoms with Gasteiger partial charge in [-0.1, -0.05) is 54.2 Å². The van der Waals surface area contributed by atoms with E-state index >= 15 is 0 Å². The molecule has 1 N–H and O–H groups in total. The minimum Gasteiger partial charge on any atom is -0.465 e.